The van der Waals surface area contributed by atoms with Gasteiger partial charge in [0.2, 0.25) is 0 Å². The Kier molecular flexibility index (Phi) is 5.03. The zero-order valence-electron chi connectivity index (χ0n) is 13.1. The van der Waals surface area contributed by atoms with E-state index >= 15 is 0 Å². The Morgan fingerprint density at radius 2 is 1.70 bits per heavy atom. The van der Waals surface area contributed by atoms with Gasteiger partial charge in [-0.15, -0.1) is 0 Å². The lowest BCUT2D eigenvalue weighted by molar-refractivity contribution is -0.138. The number of rotatable bonds is 6. The minimum atomic E-state index is -0.806. The number of carbonyl (C=O) groups is 1. The third-order valence-corrected chi connectivity index (χ3v) is 3.50. The number of hydrogen-bond donors (Lipinski definition) is 1. The Morgan fingerprint density at radius 3 is 2.10 bits per heavy atom. The minimum absolute atomic E-state index is 0.0716. The van der Waals surface area contributed by atoms with E-state index in [1.807, 2.05) is 26.0 Å². The first-order valence-corrected chi connectivity index (χ1v) is 6.71. The molecule has 0 bridgehead atoms. The zero-order chi connectivity index (χ0) is 15.5. The van der Waals surface area contributed by atoms with Crippen molar-refractivity contribution in [3.63, 3.8) is 0 Å². The second kappa shape index (κ2) is 6.16. The molecule has 1 rings (SSSR count). The van der Waals surface area contributed by atoms with Crippen molar-refractivity contribution in [2.24, 2.45) is 0 Å². The molecule has 0 radical (unpaired) electrons. The van der Waals surface area contributed by atoms with E-state index in [-0.39, 0.29) is 12.3 Å². The summed E-state index contributed by atoms with van der Waals surface area (Å²) in [6.07, 6.45) is 0.0716. The van der Waals surface area contributed by atoms with Gasteiger partial charge in [0.25, 0.3) is 0 Å². The minimum Gasteiger partial charge on any atom is -0.493 e. The van der Waals surface area contributed by atoms with E-state index in [1.54, 1.807) is 14.2 Å². The van der Waals surface area contributed by atoms with Gasteiger partial charge in [-0.2, -0.15) is 0 Å². The van der Waals surface area contributed by atoms with Crippen LogP contribution in [0.25, 0.3) is 0 Å². The molecule has 4 nitrogen and oxygen atoms in total. The maximum Gasteiger partial charge on any atom is 0.304 e. The van der Waals surface area contributed by atoms with Crippen LogP contribution in [0.2, 0.25) is 0 Å². The van der Waals surface area contributed by atoms with E-state index in [4.69, 9.17) is 14.6 Å². The lowest BCUT2D eigenvalue weighted by Crippen LogP contribution is -2.24. The molecular weight excluding hydrogens is 256 g/mol. The third-order valence-electron chi connectivity index (χ3n) is 3.50. The molecule has 1 N–H and O–H groups in total. The van der Waals surface area contributed by atoms with E-state index in [0.29, 0.717) is 11.5 Å². The van der Waals surface area contributed by atoms with Gasteiger partial charge in [-0.1, -0.05) is 27.7 Å². The van der Waals surface area contributed by atoms with Crippen LogP contribution in [0.4, 0.5) is 0 Å². The van der Waals surface area contributed by atoms with Crippen LogP contribution in [-0.4, -0.2) is 25.3 Å². The van der Waals surface area contributed by atoms with Gasteiger partial charge in [-0.3, -0.25) is 4.79 Å². The number of aliphatic carboxylic acids is 1. The standard InChI is InChI=1S/C16H24O4/c1-10(2)11-7-13(19-5)14(20-6)8-12(11)16(3,4)9-15(17)18/h7-8,10H,9H2,1-6H3,(H,17,18). The SMILES string of the molecule is COc1cc(C(C)C)c(C(C)(C)CC(=O)O)cc1OC. The van der Waals surface area contributed by atoms with Crippen LogP contribution in [0, 0.1) is 0 Å². The summed E-state index contributed by atoms with van der Waals surface area (Å²) in [6, 6.07) is 3.85. The molecule has 0 aliphatic heterocycles. The normalized spacial score (nSPS) is 11.6. The second-order valence-corrected chi connectivity index (χ2v) is 5.90. The van der Waals surface area contributed by atoms with Crippen molar-refractivity contribution in [1.29, 1.82) is 0 Å². The molecule has 0 fully saturated rings. The fourth-order valence-corrected chi connectivity index (χ4v) is 2.43. The van der Waals surface area contributed by atoms with Gasteiger partial charge in [-0.05, 0) is 29.2 Å². The summed E-state index contributed by atoms with van der Waals surface area (Å²) in [5, 5.41) is 9.11. The van der Waals surface area contributed by atoms with Crippen LogP contribution in [-0.2, 0) is 10.2 Å². The maximum atomic E-state index is 11.1. The smallest absolute Gasteiger partial charge is 0.304 e. The lowest BCUT2D eigenvalue weighted by Gasteiger charge is -2.29. The molecule has 20 heavy (non-hydrogen) atoms. The number of benzene rings is 1. The van der Waals surface area contributed by atoms with E-state index < -0.39 is 11.4 Å². The third kappa shape index (κ3) is 3.44. The van der Waals surface area contributed by atoms with Crippen molar-refractivity contribution in [2.45, 2.75) is 45.4 Å². The number of hydrogen-bond acceptors (Lipinski definition) is 3. The zero-order valence-corrected chi connectivity index (χ0v) is 13.1. The van der Waals surface area contributed by atoms with Gasteiger partial charge in [0, 0.05) is 5.41 Å². The summed E-state index contributed by atoms with van der Waals surface area (Å²) in [6.45, 7) is 8.05. The van der Waals surface area contributed by atoms with Crippen LogP contribution in [0.5, 0.6) is 11.5 Å². The van der Waals surface area contributed by atoms with Crippen LogP contribution in [0.15, 0.2) is 12.1 Å². The number of carboxylic acids is 1. The molecule has 0 amide bonds. The molecule has 0 aliphatic rings. The molecule has 0 saturated heterocycles. The first-order valence-electron chi connectivity index (χ1n) is 6.71. The van der Waals surface area contributed by atoms with E-state index in [2.05, 4.69) is 13.8 Å². The number of methoxy groups -OCH3 is 2. The molecule has 0 saturated carbocycles. The van der Waals surface area contributed by atoms with Gasteiger partial charge in [0.1, 0.15) is 0 Å². The summed E-state index contributed by atoms with van der Waals surface area (Å²) >= 11 is 0. The average Bonchev–Trinajstić information content (AvgIpc) is 2.35. The molecule has 4 heteroatoms. The van der Waals surface area contributed by atoms with Gasteiger partial charge in [0.05, 0.1) is 20.6 Å². The highest BCUT2D eigenvalue weighted by molar-refractivity contribution is 5.69. The Morgan fingerprint density at radius 1 is 1.20 bits per heavy atom. The van der Waals surface area contributed by atoms with Crippen molar-refractivity contribution in [2.75, 3.05) is 14.2 Å². The monoisotopic (exact) mass is 280 g/mol. The van der Waals surface area contributed by atoms with Crippen LogP contribution < -0.4 is 9.47 Å². The van der Waals surface area contributed by atoms with Crippen LogP contribution >= 0.6 is 0 Å². The van der Waals surface area contributed by atoms with E-state index in [0.717, 1.165) is 11.1 Å². The van der Waals surface area contributed by atoms with Gasteiger partial charge < -0.3 is 14.6 Å². The fraction of sp³-hybridized carbons (Fsp3) is 0.562. The van der Waals surface area contributed by atoms with Crippen molar-refractivity contribution >= 4 is 5.97 Å². The molecule has 112 valence electrons. The van der Waals surface area contributed by atoms with Crippen LogP contribution in [0.1, 0.15) is 51.2 Å². The number of carboxylic acid groups (broad SMARTS) is 1. The Labute approximate surface area is 120 Å². The topological polar surface area (TPSA) is 55.8 Å². The average molecular weight is 280 g/mol. The quantitative estimate of drug-likeness (QED) is 0.865. The van der Waals surface area contributed by atoms with Crippen LogP contribution in [0.3, 0.4) is 0 Å². The Bertz CT molecular complexity index is 489. The summed E-state index contributed by atoms with van der Waals surface area (Å²) < 4.78 is 10.7. The predicted octanol–water partition coefficient (Wildman–Crippen LogP) is 3.58. The summed E-state index contributed by atoms with van der Waals surface area (Å²) in [7, 11) is 3.19. The van der Waals surface area contributed by atoms with Gasteiger partial charge in [0.15, 0.2) is 11.5 Å². The highest BCUT2D eigenvalue weighted by Gasteiger charge is 2.29. The summed E-state index contributed by atoms with van der Waals surface area (Å²) in [5.41, 5.74) is 1.62. The molecule has 0 unspecified atom stereocenters. The summed E-state index contributed by atoms with van der Waals surface area (Å²) in [4.78, 5) is 11.1. The molecule has 0 atom stereocenters. The van der Waals surface area contributed by atoms with E-state index in [1.165, 1.54) is 0 Å². The Hall–Kier alpha value is -1.71. The fourth-order valence-electron chi connectivity index (χ4n) is 2.43. The second-order valence-electron chi connectivity index (χ2n) is 5.90. The number of ether oxygens (including phenoxy) is 2. The Balaban J connectivity index is 3.46. The van der Waals surface area contributed by atoms with Crippen molar-refractivity contribution < 1.29 is 19.4 Å². The highest BCUT2D eigenvalue weighted by Crippen LogP contribution is 2.40. The molecule has 0 spiro atoms. The maximum absolute atomic E-state index is 11.1. The predicted molar refractivity (Wildman–Crippen MR) is 78.9 cm³/mol. The molecule has 1 aromatic rings. The molecule has 0 heterocycles. The van der Waals surface area contributed by atoms with Gasteiger partial charge in [-0.25, -0.2) is 0 Å². The summed E-state index contributed by atoms with van der Waals surface area (Å²) in [5.74, 6) is 0.772. The molecule has 0 aromatic heterocycles. The first-order chi connectivity index (χ1) is 9.22. The molecular formula is C16H24O4. The van der Waals surface area contributed by atoms with Crippen molar-refractivity contribution in [3.8, 4) is 11.5 Å². The first kappa shape index (κ1) is 16.3. The highest BCUT2D eigenvalue weighted by atomic mass is 16.5. The lowest BCUT2D eigenvalue weighted by atomic mass is 9.76. The van der Waals surface area contributed by atoms with Crippen molar-refractivity contribution in [3.05, 3.63) is 23.3 Å². The van der Waals surface area contributed by atoms with E-state index in [9.17, 15) is 4.79 Å². The van der Waals surface area contributed by atoms with Crippen molar-refractivity contribution in [1.82, 2.24) is 0 Å². The van der Waals surface area contributed by atoms with Gasteiger partial charge >= 0.3 is 5.97 Å². The molecule has 1 aromatic carbocycles. The largest absolute Gasteiger partial charge is 0.493 e. The molecule has 0 aliphatic carbocycles.